The van der Waals surface area contributed by atoms with Crippen molar-refractivity contribution >= 4 is 17.9 Å². The predicted octanol–water partition coefficient (Wildman–Crippen LogP) is 5.48. The highest BCUT2D eigenvalue weighted by atomic mass is 19.1. The fourth-order valence-corrected chi connectivity index (χ4v) is 4.44. The van der Waals surface area contributed by atoms with E-state index >= 15 is 0 Å². The lowest BCUT2D eigenvalue weighted by atomic mass is 9.93. The maximum atomic E-state index is 14.7. The van der Waals surface area contributed by atoms with Gasteiger partial charge in [0.15, 0.2) is 11.6 Å². The highest BCUT2D eigenvalue weighted by Crippen LogP contribution is 2.33. The number of ether oxygens (including phenoxy) is 1. The van der Waals surface area contributed by atoms with E-state index in [0.717, 1.165) is 16.2 Å². The molecular formula is C31H23FN4O3. The number of aromatic nitrogens is 2. The Hall–Kier alpha value is -5.29. The Balaban J connectivity index is 1.66. The van der Waals surface area contributed by atoms with E-state index in [9.17, 15) is 19.2 Å². The summed E-state index contributed by atoms with van der Waals surface area (Å²) >= 11 is 0. The van der Waals surface area contributed by atoms with Crippen LogP contribution in [-0.4, -0.2) is 33.6 Å². The fraction of sp³-hybridized carbons (Fsp3) is 0.0968. The van der Waals surface area contributed by atoms with Crippen molar-refractivity contribution in [3.8, 4) is 28.8 Å². The molecule has 0 N–H and O–H groups in total. The summed E-state index contributed by atoms with van der Waals surface area (Å²) in [4.78, 5) is 27.8. The molecule has 0 saturated carbocycles. The second-order valence-electron chi connectivity index (χ2n) is 8.91. The Bertz CT molecular complexity index is 1680. The van der Waals surface area contributed by atoms with Crippen molar-refractivity contribution in [2.75, 3.05) is 7.11 Å². The van der Waals surface area contributed by atoms with E-state index in [-0.39, 0.29) is 29.0 Å². The molecule has 1 aliphatic rings. The molecule has 0 aliphatic carbocycles. The molecular weight excluding hydrogens is 495 g/mol. The third-order valence-corrected chi connectivity index (χ3v) is 6.50. The lowest BCUT2D eigenvalue weighted by molar-refractivity contribution is -0.141. The number of para-hydroxylation sites is 1. The summed E-state index contributed by atoms with van der Waals surface area (Å²) < 4.78 is 21.3. The molecule has 0 atom stereocenters. The Kier molecular flexibility index (Phi) is 6.89. The van der Waals surface area contributed by atoms with Crippen LogP contribution in [0.2, 0.25) is 0 Å². The number of halogens is 1. The number of rotatable bonds is 6. The van der Waals surface area contributed by atoms with Crippen molar-refractivity contribution in [3.05, 3.63) is 119 Å². The molecule has 4 aromatic rings. The summed E-state index contributed by atoms with van der Waals surface area (Å²) in [6, 6.07) is 24.9. The van der Waals surface area contributed by atoms with Gasteiger partial charge in [0.05, 0.1) is 19.3 Å². The molecule has 1 aliphatic heterocycles. The van der Waals surface area contributed by atoms with Gasteiger partial charge in [0.2, 0.25) is 0 Å². The van der Waals surface area contributed by atoms with E-state index in [1.165, 1.54) is 19.2 Å². The number of amides is 2. The largest absolute Gasteiger partial charge is 0.494 e. The molecule has 0 spiro atoms. The van der Waals surface area contributed by atoms with Crippen LogP contribution >= 0.6 is 0 Å². The average molecular weight is 519 g/mol. The maximum absolute atomic E-state index is 14.7. The van der Waals surface area contributed by atoms with Crippen molar-refractivity contribution in [3.63, 3.8) is 0 Å². The van der Waals surface area contributed by atoms with Crippen molar-refractivity contribution in [2.24, 2.45) is 0 Å². The zero-order valence-electron chi connectivity index (χ0n) is 21.3. The monoisotopic (exact) mass is 518 g/mol. The second kappa shape index (κ2) is 10.6. The first-order chi connectivity index (χ1) is 18.9. The van der Waals surface area contributed by atoms with Crippen LogP contribution in [0.4, 0.5) is 4.39 Å². The van der Waals surface area contributed by atoms with E-state index in [1.54, 1.807) is 42.1 Å². The minimum Gasteiger partial charge on any atom is -0.494 e. The molecule has 0 fully saturated rings. The molecule has 2 heterocycles. The number of carbonyl (C=O) groups excluding carboxylic acids is 2. The van der Waals surface area contributed by atoms with Gasteiger partial charge in [0, 0.05) is 22.9 Å². The van der Waals surface area contributed by atoms with E-state index < -0.39 is 17.6 Å². The van der Waals surface area contributed by atoms with Crippen LogP contribution < -0.4 is 4.74 Å². The molecule has 1 aromatic heterocycles. The number of carbonyl (C=O) groups is 2. The van der Waals surface area contributed by atoms with E-state index in [4.69, 9.17) is 9.84 Å². The first kappa shape index (κ1) is 25.4. The predicted molar refractivity (Wildman–Crippen MR) is 144 cm³/mol. The minimum atomic E-state index is -0.640. The standard InChI is InChI=1S/C31H23FN4O3/c1-20-25(30(37)35(31(38)26(20)17-33)18-21-9-5-3-6-10-21)15-23-19-36(24-11-7-4-8-12-24)34-29(23)22-13-14-28(39-2)27(32)16-22/h3-16,19H,18H2,1-2H3/b25-15+. The number of methoxy groups -OCH3 is 1. The summed E-state index contributed by atoms with van der Waals surface area (Å²) in [6.07, 6.45) is 3.33. The minimum absolute atomic E-state index is 0.0220. The number of imide groups is 1. The molecule has 3 aromatic carbocycles. The number of hydrogen-bond donors (Lipinski definition) is 0. The summed E-state index contributed by atoms with van der Waals surface area (Å²) in [5, 5.41) is 14.5. The van der Waals surface area contributed by atoms with Crippen molar-refractivity contribution in [2.45, 2.75) is 13.5 Å². The van der Waals surface area contributed by atoms with Gasteiger partial charge in [-0.1, -0.05) is 48.5 Å². The zero-order valence-corrected chi connectivity index (χ0v) is 21.3. The summed E-state index contributed by atoms with van der Waals surface area (Å²) in [5.74, 6) is -1.63. The SMILES string of the molecule is COc1ccc(-c2nn(-c3ccccc3)cc2/C=C2/C(=O)N(Cc3ccccc3)C(=O)C(C#N)=C2C)cc1F. The van der Waals surface area contributed by atoms with Crippen LogP contribution in [0.15, 0.2) is 102 Å². The lowest BCUT2D eigenvalue weighted by Gasteiger charge is -2.27. The fourth-order valence-electron chi connectivity index (χ4n) is 4.44. The van der Waals surface area contributed by atoms with Crippen LogP contribution in [0.1, 0.15) is 18.1 Å². The van der Waals surface area contributed by atoms with Gasteiger partial charge >= 0.3 is 0 Å². The van der Waals surface area contributed by atoms with Crippen LogP contribution in [0.3, 0.4) is 0 Å². The van der Waals surface area contributed by atoms with Crippen molar-refractivity contribution < 1.29 is 18.7 Å². The van der Waals surface area contributed by atoms with E-state index in [0.29, 0.717) is 16.8 Å². The molecule has 0 saturated heterocycles. The lowest BCUT2D eigenvalue weighted by Crippen LogP contribution is -2.42. The van der Waals surface area contributed by atoms with Crippen LogP contribution in [-0.2, 0) is 16.1 Å². The molecule has 39 heavy (non-hydrogen) atoms. The van der Waals surface area contributed by atoms with Crippen LogP contribution in [0, 0.1) is 17.1 Å². The summed E-state index contributed by atoms with van der Waals surface area (Å²) in [6.45, 7) is 1.60. The Morgan fingerprint density at radius 1 is 1.00 bits per heavy atom. The molecule has 0 unspecified atom stereocenters. The van der Waals surface area contributed by atoms with Gasteiger partial charge < -0.3 is 4.74 Å². The molecule has 8 heteroatoms. The van der Waals surface area contributed by atoms with Gasteiger partial charge in [-0.3, -0.25) is 14.5 Å². The number of nitrogens with zero attached hydrogens (tertiary/aromatic N) is 4. The number of benzene rings is 3. The summed E-state index contributed by atoms with van der Waals surface area (Å²) in [7, 11) is 1.39. The Morgan fingerprint density at radius 3 is 2.33 bits per heavy atom. The van der Waals surface area contributed by atoms with Crippen LogP contribution in [0.5, 0.6) is 5.75 Å². The van der Waals surface area contributed by atoms with Crippen molar-refractivity contribution in [1.29, 1.82) is 5.26 Å². The quantitative estimate of drug-likeness (QED) is 0.249. The van der Waals surface area contributed by atoms with Gasteiger partial charge in [-0.2, -0.15) is 10.4 Å². The van der Waals surface area contributed by atoms with E-state index in [2.05, 4.69) is 0 Å². The van der Waals surface area contributed by atoms with Gasteiger partial charge in [-0.15, -0.1) is 0 Å². The van der Waals surface area contributed by atoms with E-state index in [1.807, 2.05) is 54.6 Å². The second-order valence-corrected chi connectivity index (χ2v) is 8.91. The average Bonchev–Trinajstić information content (AvgIpc) is 3.39. The van der Waals surface area contributed by atoms with Gasteiger partial charge in [-0.25, -0.2) is 9.07 Å². The molecule has 2 amide bonds. The zero-order chi connectivity index (χ0) is 27.5. The third-order valence-electron chi connectivity index (χ3n) is 6.50. The van der Waals surface area contributed by atoms with Gasteiger partial charge in [0.25, 0.3) is 11.8 Å². The van der Waals surface area contributed by atoms with Gasteiger partial charge in [0.1, 0.15) is 17.3 Å². The Morgan fingerprint density at radius 2 is 1.69 bits per heavy atom. The van der Waals surface area contributed by atoms with Crippen molar-refractivity contribution in [1.82, 2.24) is 14.7 Å². The topological polar surface area (TPSA) is 88.2 Å². The van der Waals surface area contributed by atoms with Crippen LogP contribution in [0.25, 0.3) is 23.0 Å². The molecule has 0 radical (unpaired) electrons. The third kappa shape index (κ3) is 4.86. The highest BCUT2D eigenvalue weighted by Gasteiger charge is 2.35. The Labute approximate surface area is 224 Å². The molecule has 192 valence electrons. The normalized spacial score (nSPS) is 14.6. The smallest absolute Gasteiger partial charge is 0.271 e. The highest BCUT2D eigenvalue weighted by molar-refractivity contribution is 6.19. The number of nitriles is 1. The number of hydrogen-bond acceptors (Lipinski definition) is 5. The summed E-state index contributed by atoms with van der Waals surface area (Å²) in [5.41, 5.74) is 3.26. The molecule has 0 bridgehead atoms. The molecule has 5 rings (SSSR count). The first-order valence-electron chi connectivity index (χ1n) is 12.1. The maximum Gasteiger partial charge on any atom is 0.271 e. The first-order valence-corrected chi connectivity index (χ1v) is 12.1. The molecule has 7 nitrogen and oxygen atoms in total. The van der Waals surface area contributed by atoms with Gasteiger partial charge in [-0.05, 0) is 54.5 Å².